The van der Waals surface area contributed by atoms with Crippen molar-refractivity contribution in [3.63, 3.8) is 0 Å². The molecule has 0 bridgehead atoms. The Hall–Kier alpha value is -1.97. The molecule has 0 aliphatic heterocycles. The number of carboxylic acids is 1. The van der Waals surface area contributed by atoms with Gasteiger partial charge in [-0.2, -0.15) is 0 Å². The highest BCUT2D eigenvalue weighted by Gasteiger charge is 2.12. The fourth-order valence-electron chi connectivity index (χ4n) is 2.44. The van der Waals surface area contributed by atoms with Crippen molar-refractivity contribution in [2.24, 2.45) is 0 Å². The Kier molecular flexibility index (Phi) is 5.92. The van der Waals surface area contributed by atoms with Crippen LogP contribution in [0.2, 0.25) is 10.0 Å². The first-order valence-corrected chi connectivity index (χ1v) is 8.24. The van der Waals surface area contributed by atoms with Crippen LogP contribution in [0.25, 0.3) is 6.08 Å². The lowest BCUT2D eigenvalue weighted by molar-refractivity contribution is -0.131. The van der Waals surface area contributed by atoms with Gasteiger partial charge in [0.15, 0.2) is 0 Å². The fraction of sp³-hybridized carbons (Fsp3) is 0.211. The molecule has 0 unspecified atom stereocenters. The van der Waals surface area contributed by atoms with E-state index < -0.39 is 5.97 Å². The molecule has 0 atom stereocenters. The SMILES string of the molecule is CC(C)c1cc(Cc2c(Cl)cc(/C=C/C(=O)O)cc2Cl)ccc1O. The van der Waals surface area contributed by atoms with E-state index in [-0.39, 0.29) is 11.7 Å². The Morgan fingerprint density at radius 2 is 1.79 bits per heavy atom. The van der Waals surface area contributed by atoms with Crippen molar-refractivity contribution < 1.29 is 15.0 Å². The predicted octanol–water partition coefficient (Wildman–Crippen LogP) is 5.51. The second-order valence-corrected chi connectivity index (χ2v) is 6.67. The minimum Gasteiger partial charge on any atom is -0.508 e. The molecule has 2 aromatic rings. The number of hydrogen-bond donors (Lipinski definition) is 2. The van der Waals surface area contributed by atoms with Gasteiger partial charge in [-0.3, -0.25) is 0 Å². The number of carboxylic acid groups (broad SMARTS) is 1. The van der Waals surface area contributed by atoms with Crippen molar-refractivity contribution in [3.05, 3.63) is 68.7 Å². The summed E-state index contributed by atoms with van der Waals surface area (Å²) in [6.45, 7) is 4.03. The molecular weight excluding hydrogens is 347 g/mol. The Bertz CT molecular complexity index is 772. The molecule has 0 saturated carbocycles. The highest BCUT2D eigenvalue weighted by molar-refractivity contribution is 6.36. The smallest absolute Gasteiger partial charge is 0.328 e. The van der Waals surface area contributed by atoms with Gasteiger partial charge in [-0.05, 0) is 52.4 Å². The number of aromatic hydroxyl groups is 1. The number of aliphatic carboxylic acids is 1. The third kappa shape index (κ3) is 4.53. The van der Waals surface area contributed by atoms with Crippen molar-refractivity contribution >= 4 is 35.2 Å². The average molecular weight is 365 g/mol. The van der Waals surface area contributed by atoms with Crippen LogP contribution in [0.4, 0.5) is 0 Å². The lowest BCUT2D eigenvalue weighted by atomic mass is 9.96. The van der Waals surface area contributed by atoms with Gasteiger partial charge in [0.2, 0.25) is 0 Å². The summed E-state index contributed by atoms with van der Waals surface area (Å²) in [4.78, 5) is 10.6. The first-order valence-electron chi connectivity index (χ1n) is 7.48. The minimum atomic E-state index is -1.03. The number of hydrogen-bond acceptors (Lipinski definition) is 2. The lowest BCUT2D eigenvalue weighted by Gasteiger charge is -2.13. The predicted molar refractivity (Wildman–Crippen MR) is 98.1 cm³/mol. The number of benzene rings is 2. The van der Waals surface area contributed by atoms with Gasteiger partial charge >= 0.3 is 5.97 Å². The number of halogens is 2. The van der Waals surface area contributed by atoms with Gasteiger partial charge in [0.25, 0.3) is 0 Å². The van der Waals surface area contributed by atoms with Gasteiger partial charge in [0.1, 0.15) is 5.75 Å². The van der Waals surface area contributed by atoms with Crippen LogP contribution in [0, 0.1) is 0 Å². The zero-order chi connectivity index (χ0) is 17.9. The Morgan fingerprint density at radius 1 is 1.17 bits per heavy atom. The van der Waals surface area contributed by atoms with Crippen LogP contribution in [0.3, 0.4) is 0 Å². The lowest BCUT2D eigenvalue weighted by Crippen LogP contribution is -1.96. The van der Waals surface area contributed by atoms with E-state index in [1.807, 2.05) is 26.0 Å². The normalized spacial score (nSPS) is 11.4. The van der Waals surface area contributed by atoms with Crippen LogP contribution in [-0.2, 0) is 11.2 Å². The van der Waals surface area contributed by atoms with Gasteiger partial charge < -0.3 is 10.2 Å². The zero-order valence-electron chi connectivity index (χ0n) is 13.4. The van der Waals surface area contributed by atoms with E-state index in [0.717, 1.165) is 22.8 Å². The topological polar surface area (TPSA) is 57.5 Å². The molecule has 0 aromatic heterocycles. The highest BCUT2D eigenvalue weighted by atomic mass is 35.5. The molecule has 0 aliphatic rings. The molecule has 0 heterocycles. The maximum atomic E-state index is 10.6. The molecule has 0 radical (unpaired) electrons. The van der Waals surface area contributed by atoms with Crippen molar-refractivity contribution in [2.75, 3.05) is 0 Å². The van der Waals surface area contributed by atoms with Crippen LogP contribution in [0.5, 0.6) is 5.75 Å². The van der Waals surface area contributed by atoms with E-state index in [9.17, 15) is 9.90 Å². The summed E-state index contributed by atoms with van der Waals surface area (Å²) in [6, 6.07) is 8.84. The second kappa shape index (κ2) is 7.73. The third-order valence-corrected chi connectivity index (χ3v) is 4.35. The molecule has 2 N–H and O–H groups in total. The van der Waals surface area contributed by atoms with Gasteiger partial charge in [-0.25, -0.2) is 4.79 Å². The number of carbonyl (C=O) groups is 1. The van der Waals surface area contributed by atoms with Crippen LogP contribution in [0.1, 0.15) is 42.0 Å². The van der Waals surface area contributed by atoms with E-state index in [4.69, 9.17) is 28.3 Å². The summed E-state index contributed by atoms with van der Waals surface area (Å²) >= 11 is 12.6. The first kappa shape index (κ1) is 18.4. The van der Waals surface area contributed by atoms with Gasteiger partial charge in [0, 0.05) is 22.5 Å². The summed E-state index contributed by atoms with van der Waals surface area (Å²) in [5.41, 5.74) is 3.27. The van der Waals surface area contributed by atoms with Gasteiger partial charge in [-0.15, -0.1) is 0 Å². The Balaban J connectivity index is 2.34. The number of phenolic OH excluding ortho intramolecular Hbond substituents is 1. The molecule has 5 heteroatoms. The molecule has 0 amide bonds. The standard InChI is InChI=1S/C19H18Cl2O3/c1-11(2)14-7-12(3-5-18(14)22)8-15-16(20)9-13(10-17(15)21)4-6-19(23)24/h3-7,9-11,22H,8H2,1-2H3,(H,23,24)/b6-4+. The number of rotatable bonds is 5. The fourth-order valence-corrected chi connectivity index (χ4v) is 3.07. The summed E-state index contributed by atoms with van der Waals surface area (Å²) in [6.07, 6.45) is 3.01. The van der Waals surface area contributed by atoms with Crippen molar-refractivity contribution in [1.82, 2.24) is 0 Å². The van der Waals surface area contributed by atoms with Crippen LogP contribution in [0.15, 0.2) is 36.4 Å². The van der Waals surface area contributed by atoms with E-state index >= 15 is 0 Å². The van der Waals surface area contributed by atoms with Crippen LogP contribution < -0.4 is 0 Å². The molecule has 0 fully saturated rings. The van der Waals surface area contributed by atoms with E-state index in [2.05, 4.69) is 0 Å². The van der Waals surface area contributed by atoms with E-state index in [1.165, 1.54) is 6.08 Å². The van der Waals surface area contributed by atoms with Crippen LogP contribution >= 0.6 is 23.2 Å². The number of phenols is 1. The second-order valence-electron chi connectivity index (χ2n) is 5.86. The molecule has 0 spiro atoms. The minimum absolute atomic E-state index is 0.208. The monoisotopic (exact) mass is 364 g/mol. The molecule has 2 aromatic carbocycles. The third-order valence-electron chi connectivity index (χ3n) is 3.68. The summed E-state index contributed by atoms with van der Waals surface area (Å²) in [7, 11) is 0. The highest BCUT2D eigenvalue weighted by Crippen LogP contribution is 2.32. The largest absolute Gasteiger partial charge is 0.508 e. The maximum Gasteiger partial charge on any atom is 0.328 e. The van der Waals surface area contributed by atoms with E-state index in [1.54, 1.807) is 18.2 Å². The van der Waals surface area contributed by atoms with Crippen molar-refractivity contribution in [2.45, 2.75) is 26.2 Å². The van der Waals surface area contributed by atoms with E-state index in [0.29, 0.717) is 22.0 Å². The molecule has 3 nitrogen and oxygen atoms in total. The molecule has 2 rings (SSSR count). The van der Waals surface area contributed by atoms with Crippen LogP contribution in [-0.4, -0.2) is 16.2 Å². The Labute approximate surface area is 151 Å². The summed E-state index contributed by atoms with van der Waals surface area (Å²) in [5, 5.41) is 19.6. The zero-order valence-corrected chi connectivity index (χ0v) is 14.9. The molecular formula is C19H18Cl2O3. The molecule has 126 valence electrons. The molecule has 0 aliphatic carbocycles. The van der Waals surface area contributed by atoms with Gasteiger partial charge in [0.05, 0.1) is 0 Å². The summed E-state index contributed by atoms with van der Waals surface area (Å²) in [5.74, 6) is -0.545. The average Bonchev–Trinajstić information content (AvgIpc) is 2.50. The molecule has 0 saturated heterocycles. The quantitative estimate of drug-likeness (QED) is 0.687. The molecule has 24 heavy (non-hydrogen) atoms. The Morgan fingerprint density at radius 3 is 2.33 bits per heavy atom. The summed E-state index contributed by atoms with van der Waals surface area (Å²) < 4.78 is 0. The van der Waals surface area contributed by atoms with Gasteiger partial charge in [-0.1, -0.05) is 49.2 Å². The van der Waals surface area contributed by atoms with Crippen molar-refractivity contribution in [1.29, 1.82) is 0 Å². The van der Waals surface area contributed by atoms with Crippen molar-refractivity contribution in [3.8, 4) is 5.75 Å². The first-order chi connectivity index (χ1) is 11.3. The maximum absolute atomic E-state index is 10.6.